The molecule has 0 fully saturated rings. The molecule has 9 aromatic rings. The summed E-state index contributed by atoms with van der Waals surface area (Å²) in [7, 11) is 0. The molecule has 70 heavy (non-hydrogen) atoms. The third-order valence-electron chi connectivity index (χ3n) is 13.0. The Kier molecular flexibility index (Phi) is 15.0. The Morgan fingerprint density at radius 2 is 0.586 bits per heavy atom. The maximum atomic E-state index is 2.38. The van der Waals surface area contributed by atoms with Crippen LogP contribution in [0.3, 0.4) is 0 Å². The van der Waals surface area contributed by atoms with Crippen molar-refractivity contribution in [3.8, 4) is 0 Å². The maximum Gasteiger partial charge on any atom is 0.0516 e. The Labute approximate surface area is 416 Å². The summed E-state index contributed by atoms with van der Waals surface area (Å²) in [6, 6.07) is 82.6. The van der Waals surface area contributed by atoms with Gasteiger partial charge in [-0.25, -0.2) is 0 Å². The fourth-order valence-electron chi connectivity index (χ4n) is 9.19. The summed E-state index contributed by atoms with van der Waals surface area (Å²) in [6.45, 7) is 8.90. The molecule has 2 nitrogen and oxygen atoms in total. The molecule has 0 aliphatic rings. The van der Waals surface area contributed by atoms with Crippen LogP contribution in [0.5, 0.6) is 0 Å². The molecule has 342 valence electrons. The van der Waals surface area contributed by atoms with E-state index in [4.69, 9.17) is 0 Å². The van der Waals surface area contributed by atoms with E-state index in [0.29, 0.717) is 0 Å². The first-order chi connectivity index (χ1) is 34.4. The molecular weight excluding hydrogens is 845 g/mol. The molecule has 0 saturated heterocycles. The molecule has 0 spiro atoms. The topological polar surface area (TPSA) is 6.48 Å². The Balaban J connectivity index is 0.942. The molecule has 0 atom stereocenters. The third kappa shape index (κ3) is 11.1. The molecule has 0 N–H and O–H groups in total. The van der Waals surface area contributed by atoms with Crippen LogP contribution < -0.4 is 9.80 Å². The van der Waals surface area contributed by atoms with Gasteiger partial charge < -0.3 is 9.80 Å². The molecule has 0 radical (unpaired) electrons. The molecular formula is C68H60N2. The third-order valence-corrected chi connectivity index (χ3v) is 13.0. The van der Waals surface area contributed by atoms with Gasteiger partial charge in [0.05, 0.1) is 11.4 Å². The molecule has 0 aliphatic heterocycles. The lowest BCUT2D eigenvalue weighted by Crippen LogP contribution is -2.14. The van der Waals surface area contributed by atoms with Crippen molar-refractivity contribution in [2.24, 2.45) is 0 Å². The monoisotopic (exact) mass is 904 g/mol. The number of hydrogen-bond donors (Lipinski definition) is 0. The summed E-state index contributed by atoms with van der Waals surface area (Å²) in [5.41, 5.74) is 21.4. The lowest BCUT2D eigenvalue weighted by atomic mass is 9.97. The molecule has 0 unspecified atom stereocenters. The van der Waals surface area contributed by atoms with E-state index in [9.17, 15) is 0 Å². The van der Waals surface area contributed by atoms with Gasteiger partial charge in [-0.1, -0.05) is 244 Å². The summed E-state index contributed by atoms with van der Waals surface area (Å²) in [5, 5.41) is 0. The van der Waals surface area contributed by atoms with Crippen molar-refractivity contribution < 1.29 is 0 Å². The summed E-state index contributed by atoms with van der Waals surface area (Å²) < 4.78 is 0. The van der Waals surface area contributed by atoms with Crippen LogP contribution in [-0.4, -0.2) is 0 Å². The Morgan fingerprint density at radius 3 is 0.857 bits per heavy atom. The van der Waals surface area contributed by atoms with Gasteiger partial charge in [0.1, 0.15) is 0 Å². The summed E-state index contributed by atoms with van der Waals surface area (Å²) in [5.74, 6) is 0. The molecule has 0 amide bonds. The van der Waals surface area contributed by atoms with E-state index < -0.39 is 0 Å². The van der Waals surface area contributed by atoms with Gasteiger partial charge in [-0.3, -0.25) is 0 Å². The second-order valence-electron chi connectivity index (χ2n) is 17.7. The minimum absolute atomic E-state index is 0.938. The zero-order valence-electron chi connectivity index (χ0n) is 40.7. The van der Waals surface area contributed by atoms with Gasteiger partial charge in [0.15, 0.2) is 0 Å². The largest absolute Gasteiger partial charge is 0.316 e. The molecule has 9 aromatic carbocycles. The van der Waals surface area contributed by atoms with Crippen LogP contribution in [0, 0.1) is 13.8 Å². The minimum Gasteiger partial charge on any atom is -0.316 e. The highest BCUT2D eigenvalue weighted by atomic mass is 15.1. The van der Waals surface area contributed by atoms with Crippen LogP contribution in [0.2, 0.25) is 0 Å². The number of anilines is 4. The Bertz CT molecular complexity index is 2930. The van der Waals surface area contributed by atoms with Crippen LogP contribution in [-0.2, 0) is 12.8 Å². The Morgan fingerprint density at radius 1 is 0.314 bits per heavy atom. The van der Waals surface area contributed by atoms with Gasteiger partial charge in [-0.15, -0.1) is 0 Å². The second kappa shape index (κ2) is 22.6. The lowest BCUT2D eigenvalue weighted by Gasteiger charge is -2.27. The zero-order chi connectivity index (χ0) is 48.1. The summed E-state index contributed by atoms with van der Waals surface area (Å²) >= 11 is 0. The van der Waals surface area contributed by atoms with Gasteiger partial charge in [0.25, 0.3) is 0 Å². The van der Waals surface area contributed by atoms with E-state index in [2.05, 4.69) is 305 Å². The van der Waals surface area contributed by atoms with Gasteiger partial charge in [-0.2, -0.15) is 0 Å². The summed E-state index contributed by atoms with van der Waals surface area (Å²) in [4.78, 5) is 4.76. The molecule has 0 saturated carbocycles. The predicted molar refractivity (Wildman–Crippen MR) is 303 cm³/mol. The van der Waals surface area contributed by atoms with E-state index in [1.54, 1.807) is 0 Å². The van der Waals surface area contributed by atoms with Crippen LogP contribution in [0.1, 0.15) is 80.6 Å². The fraction of sp³-hybridized carbons (Fsp3) is 0.0882. The van der Waals surface area contributed by atoms with Gasteiger partial charge >= 0.3 is 0 Å². The highest BCUT2D eigenvalue weighted by Gasteiger charge is 2.18. The second-order valence-corrected chi connectivity index (χ2v) is 17.7. The van der Waals surface area contributed by atoms with Gasteiger partial charge in [0.2, 0.25) is 0 Å². The number of aryl methyl sites for hydroxylation is 4. The van der Waals surface area contributed by atoms with Crippen molar-refractivity contribution in [3.05, 3.63) is 310 Å². The van der Waals surface area contributed by atoms with E-state index in [-0.39, 0.29) is 0 Å². The molecule has 2 heteroatoms. The number of hydrogen-bond acceptors (Lipinski definition) is 2. The molecule has 0 bridgehead atoms. The lowest BCUT2D eigenvalue weighted by molar-refractivity contribution is 1.10. The summed E-state index contributed by atoms with van der Waals surface area (Å²) in [6.07, 6.45) is 15.3. The number of nitrogens with zero attached hydrogens (tertiary/aromatic N) is 2. The van der Waals surface area contributed by atoms with E-state index >= 15 is 0 Å². The number of benzene rings is 9. The van der Waals surface area contributed by atoms with Crippen molar-refractivity contribution in [1.82, 2.24) is 0 Å². The van der Waals surface area contributed by atoms with Crippen molar-refractivity contribution in [3.63, 3.8) is 0 Å². The van der Waals surface area contributed by atoms with Crippen molar-refractivity contribution in [2.75, 3.05) is 9.80 Å². The maximum absolute atomic E-state index is 2.38. The fourth-order valence-corrected chi connectivity index (χ4v) is 9.19. The SMILES string of the molecule is CCc1cccc(C)c1N(C=C(c1ccccc1)c1ccccc1)c1ccc(C=Cc2ccc(C=Cc3ccc(N(C=C(c4ccccc4)c4ccccc4)c4c(C)cccc4CC)cc3)cc2)cc1. The molecule has 0 heterocycles. The minimum atomic E-state index is 0.938. The molecule has 0 aromatic heterocycles. The van der Waals surface area contributed by atoms with E-state index in [1.807, 2.05) is 0 Å². The van der Waals surface area contributed by atoms with Crippen LogP contribution >= 0.6 is 0 Å². The Hall–Kier alpha value is -8.46. The van der Waals surface area contributed by atoms with Crippen LogP contribution in [0.4, 0.5) is 22.7 Å². The predicted octanol–water partition coefficient (Wildman–Crippen LogP) is 18.2. The van der Waals surface area contributed by atoms with Crippen LogP contribution in [0.15, 0.2) is 243 Å². The molecule has 9 rings (SSSR count). The standard InChI is InChI=1S/C68H60N2/c1-5-57-31-19-21-51(3)67(57)69(49-65(59-23-11-7-12-24-59)60-25-13-8-14-26-60)63-45-41-55(42-46-63)39-37-53-33-35-54(36-34-53)38-40-56-43-47-64(48-44-56)70(68-52(4)22-20-32-58(68)6-2)50-66(61-27-15-9-16-28-61)62-29-17-10-18-30-62/h7-50H,5-6H2,1-4H3. The quantitative estimate of drug-likeness (QED) is 0.0892. The van der Waals surface area contributed by atoms with Gasteiger partial charge in [-0.05, 0) is 118 Å². The van der Waals surface area contributed by atoms with E-state index in [1.165, 1.54) is 67.0 Å². The van der Waals surface area contributed by atoms with Crippen molar-refractivity contribution >= 4 is 58.2 Å². The van der Waals surface area contributed by atoms with Crippen LogP contribution in [0.25, 0.3) is 35.5 Å². The van der Waals surface area contributed by atoms with Crippen molar-refractivity contribution in [2.45, 2.75) is 40.5 Å². The average Bonchev–Trinajstić information content (AvgIpc) is 3.42. The highest BCUT2D eigenvalue weighted by molar-refractivity contribution is 5.87. The van der Waals surface area contributed by atoms with Gasteiger partial charge in [0, 0.05) is 34.9 Å². The first-order valence-electron chi connectivity index (χ1n) is 24.5. The van der Waals surface area contributed by atoms with E-state index in [0.717, 1.165) is 46.5 Å². The highest BCUT2D eigenvalue weighted by Crippen LogP contribution is 2.38. The zero-order valence-corrected chi connectivity index (χ0v) is 40.7. The first kappa shape index (κ1) is 46.6. The average molecular weight is 905 g/mol. The number of rotatable bonds is 16. The molecule has 0 aliphatic carbocycles. The normalized spacial score (nSPS) is 11.1. The van der Waals surface area contributed by atoms with Crippen molar-refractivity contribution in [1.29, 1.82) is 0 Å². The first-order valence-corrected chi connectivity index (χ1v) is 24.5. The smallest absolute Gasteiger partial charge is 0.0516 e. The number of para-hydroxylation sites is 2.